The highest BCUT2D eigenvalue weighted by Crippen LogP contribution is 2.14. The molecule has 0 saturated heterocycles. The summed E-state index contributed by atoms with van der Waals surface area (Å²) in [5.41, 5.74) is 8.24. The van der Waals surface area contributed by atoms with Gasteiger partial charge in [-0.05, 0) is 24.3 Å². The van der Waals surface area contributed by atoms with Crippen LogP contribution in [0.5, 0.6) is 0 Å². The molecule has 2 N–H and O–H groups in total. The van der Waals surface area contributed by atoms with Gasteiger partial charge in [-0.3, -0.25) is 0 Å². The SMILES string of the molecule is CSc1nc(N)n(Cc2ccccc2C)n1. The number of nitrogens with two attached hydrogens (primary N) is 1. The first-order valence-electron chi connectivity index (χ1n) is 4.99. The number of hydrogen-bond acceptors (Lipinski definition) is 4. The molecular formula is C11H14N4S. The standard InChI is InChI=1S/C11H14N4S/c1-8-5-3-4-6-9(8)7-15-10(12)13-11(14-15)16-2/h3-6H,7H2,1-2H3,(H2,12,13,14). The lowest BCUT2D eigenvalue weighted by molar-refractivity contribution is 0.673. The number of hydrogen-bond donors (Lipinski definition) is 1. The molecule has 1 aromatic heterocycles. The number of aromatic nitrogens is 3. The molecule has 4 nitrogen and oxygen atoms in total. The Labute approximate surface area is 98.9 Å². The van der Waals surface area contributed by atoms with Gasteiger partial charge in [0.25, 0.3) is 0 Å². The summed E-state index contributed by atoms with van der Waals surface area (Å²) in [6.45, 7) is 2.75. The van der Waals surface area contributed by atoms with E-state index in [0.717, 1.165) is 0 Å². The number of nitrogen functional groups attached to an aromatic ring is 1. The zero-order chi connectivity index (χ0) is 11.5. The minimum atomic E-state index is 0.465. The minimum Gasteiger partial charge on any atom is -0.368 e. The molecule has 0 aliphatic carbocycles. The zero-order valence-electron chi connectivity index (χ0n) is 9.34. The van der Waals surface area contributed by atoms with Crippen molar-refractivity contribution in [2.75, 3.05) is 12.0 Å². The Morgan fingerprint density at radius 3 is 2.75 bits per heavy atom. The molecule has 0 spiro atoms. The molecule has 0 amide bonds. The fourth-order valence-corrected chi connectivity index (χ4v) is 1.85. The second-order valence-corrected chi connectivity index (χ2v) is 4.31. The Kier molecular flexibility index (Phi) is 3.14. The quantitative estimate of drug-likeness (QED) is 0.825. The van der Waals surface area contributed by atoms with Crippen LogP contribution in [0.15, 0.2) is 29.4 Å². The molecule has 0 radical (unpaired) electrons. The number of benzene rings is 1. The summed E-state index contributed by atoms with van der Waals surface area (Å²) < 4.78 is 1.73. The number of rotatable bonds is 3. The number of thioether (sulfide) groups is 1. The maximum atomic E-state index is 5.79. The average Bonchev–Trinajstić information content (AvgIpc) is 2.63. The van der Waals surface area contributed by atoms with Crippen molar-refractivity contribution < 1.29 is 0 Å². The molecule has 0 aliphatic rings. The van der Waals surface area contributed by atoms with Crippen molar-refractivity contribution in [3.63, 3.8) is 0 Å². The van der Waals surface area contributed by atoms with E-state index in [1.54, 1.807) is 4.68 Å². The molecule has 84 valence electrons. The van der Waals surface area contributed by atoms with E-state index in [-0.39, 0.29) is 0 Å². The van der Waals surface area contributed by atoms with Crippen LogP contribution in [-0.4, -0.2) is 21.0 Å². The summed E-state index contributed by atoms with van der Waals surface area (Å²) in [5.74, 6) is 0.465. The second kappa shape index (κ2) is 4.57. The third kappa shape index (κ3) is 2.19. The van der Waals surface area contributed by atoms with Gasteiger partial charge in [0.15, 0.2) is 0 Å². The van der Waals surface area contributed by atoms with E-state index >= 15 is 0 Å². The largest absolute Gasteiger partial charge is 0.368 e. The molecule has 0 saturated carbocycles. The minimum absolute atomic E-state index is 0.465. The molecule has 0 bridgehead atoms. The van der Waals surface area contributed by atoms with Crippen molar-refractivity contribution in [2.24, 2.45) is 0 Å². The lowest BCUT2D eigenvalue weighted by atomic mass is 10.1. The molecule has 1 heterocycles. The van der Waals surface area contributed by atoms with Gasteiger partial charge in [-0.2, -0.15) is 4.98 Å². The second-order valence-electron chi connectivity index (χ2n) is 3.54. The van der Waals surface area contributed by atoms with Gasteiger partial charge in [-0.1, -0.05) is 36.0 Å². The van der Waals surface area contributed by atoms with Crippen LogP contribution in [0.1, 0.15) is 11.1 Å². The predicted octanol–water partition coefficient (Wildman–Crippen LogP) is 1.94. The van der Waals surface area contributed by atoms with Crippen LogP contribution in [0.4, 0.5) is 5.95 Å². The molecule has 0 unspecified atom stereocenters. The van der Waals surface area contributed by atoms with Crippen LogP contribution in [0.3, 0.4) is 0 Å². The maximum absolute atomic E-state index is 5.79. The molecule has 0 aliphatic heterocycles. The number of nitrogens with zero attached hydrogens (tertiary/aromatic N) is 3. The van der Waals surface area contributed by atoms with Crippen molar-refractivity contribution in [3.05, 3.63) is 35.4 Å². The van der Waals surface area contributed by atoms with Gasteiger partial charge in [0.2, 0.25) is 11.1 Å². The summed E-state index contributed by atoms with van der Waals surface area (Å²) in [5, 5.41) is 5.02. The van der Waals surface area contributed by atoms with Crippen molar-refractivity contribution in [1.82, 2.24) is 14.8 Å². The summed E-state index contributed by atoms with van der Waals surface area (Å²) in [7, 11) is 0. The smallest absolute Gasteiger partial charge is 0.219 e. The predicted molar refractivity (Wildman–Crippen MR) is 66.5 cm³/mol. The summed E-state index contributed by atoms with van der Waals surface area (Å²) in [6.07, 6.45) is 1.94. The van der Waals surface area contributed by atoms with Gasteiger partial charge in [0.1, 0.15) is 0 Å². The lowest BCUT2D eigenvalue weighted by Crippen LogP contribution is -2.07. The van der Waals surface area contributed by atoms with Crippen molar-refractivity contribution in [2.45, 2.75) is 18.6 Å². The first-order chi connectivity index (χ1) is 7.70. The number of aryl methyl sites for hydroxylation is 1. The molecule has 2 rings (SSSR count). The first-order valence-corrected chi connectivity index (χ1v) is 6.22. The summed E-state index contributed by atoms with van der Waals surface area (Å²) in [4.78, 5) is 4.15. The summed E-state index contributed by atoms with van der Waals surface area (Å²) in [6, 6.07) is 8.20. The normalized spacial score (nSPS) is 10.6. The molecule has 0 fully saturated rings. The monoisotopic (exact) mass is 234 g/mol. The average molecular weight is 234 g/mol. The maximum Gasteiger partial charge on any atom is 0.219 e. The third-order valence-electron chi connectivity index (χ3n) is 2.44. The zero-order valence-corrected chi connectivity index (χ0v) is 10.2. The number of anilines is 1. The van der Waals surface area contributed by atoms with Crippen LogP contribution < -0.4 is 5.73 Å². The van der Waals surface area contributed by atoms with Crippen molar-refractivity contribution >= 4 is 17.7 Å². The molecular weight excluding hydrogens is 220 g/mol. The van der Waals surface area contributed by atoms with Gasteiger partial charge in [0.05, 0.1) is 6.54 Å². The fraction of sp³-hybridized carbons (Fsp3) is 0.273. The highest BCUT2D eigenvalue weighted by molar-refractivity contribution is 7.98. The van der Waals surface area contributed by atoms with E-state index in [4.69, 9.17) is 5.73 Å². The van der Waals surface area contributed by atoms with Crippen LogP contribution in [-0.2, 0) is 6.54 Å². The Balaban J connectivity index is 2.27. The van der Waals surface area contributed by atoms with Crippen molar-refractivity contribution in [1.29, 1.82) is 0 Å². The molecule has 0 atom stereocenters. The van der Waals surface area contributed by atoms with E-state index in [1.807, 2.05) is 18.4 Å². The van der Waals surface area contributed by atoms with E-state index < -0.39 is 0 Å². The third-order valence-corrected chi connectivity index (χ3v) is 2.98. The molecule has 5 heteroatoms. The van der Waals surface area contributed by atoms with Gasteiger partial charge < -0.3 is 5.73 Å². The first kappa shape index (κ1) is 11.0. The topological polar surface area (TPSA) is 56.7 Å². The van der Waals surface area contributed by atoms with Crippen molar-refractivity contribution in [3.8, 4) is 0 Å². The van der Waals surface area contributed by atoms with Gasteiger partial charge in [-0.15, -0.1) is 5.10 Å². The lowest BCUT2D eigenvalue weighted by Gasteiger charge is -2.05. The molecule has 16 heavy (non-hydrogen) atoms. The van der Waals surface area contributed by atoms with Crippen LogP contribution >= 0.6 is 11.8 Å². The van der Waals surface area contributed by atoms with Crippen LogP contribution in [0.25, 0.3) is 0 Å². The van der Waals surface area contributed by atoms with Gasteiger partial charge >= 0.3 is 0 Å². The Morgan fingerprint density at radius 2 is 2.12 bits per heavy atom. The van der Waals surface area contributed by atoms with Crippen LogP contribution in [0, 0.1) is 6.92 Å². The Bertz CT molecular complexity index is 492. The van der Waals surface area contributed by atoms with E-state index in [0.29, 0.717) is 17.6 Å². The highest BCUT2D eigenvalue weighted by atomic mass is 32.2. The highest BCUT2D eigenvalue weighted by Gasteiger charge is 2.07. The van der Waals surface area contributed by atoms with Gasteiger partial charge in [-0.25, -0.2) is 4.68 Å². The Morgan fingerprint density at radius 1 is 1.38 bits per heavy atom. The Hall–Kier alpha value is -1.49. The summed E-state index contributed by atoms with van der Waals surface area (Å²) >= 11 is 1.50. The van der Waals surface area contributed by atoms with E-state index in [9.17, 15) is 0 Å². The fourth-order valence-electron chi connectivity index (χ4n) is 1.48. The molecule has 2 aromatic rings. The van der Waals surface area contributed by atoms with Gasteiger partial charge in [0, 0.05) is 0 Å². The van der Waals surface area contributed by atoms with E-state index in [2.05, 4.69) is 29.1 Å². The molecule has 1 aromatic carbocycles. The van der Waals surface area contributed by atoms with Crippen LogP contribution in [0.2, 0.25) is 0 Å². The van der Waals surface area contributed by atoms with E-state index in [1.165, 1.54) is 22.9 Å².